The topological polar surface area (TPSA) is 82.1 Å². The van der Waals surface area contributed by atoms with Crippen molar-refractivity contribution in [3.05, 3.63) is 0 Å². The maximum absolute atomic E-state index is 11.9. The second-order valence-corrected chi connectivity index (χ2v) is 5.31. The van der Waals surface area contributed by atoms with E-state index in [2.05, 4.69) is 10.2 Å². The zero-order chi connectivity index (χ0) is 14.4. The standard InChI is InChI=1S/C13H23N3O4/c17-12(18)11-2-5-16(10-11)13(19)14-3-1-4-15-6-8-20-9-7-15/h11H,1-10H2,(H,14,19)(H,17,18). The summed E-state index contributed by atoms with van der Waals surface area (Å²) in [5, 5.41) is 11.8. The van der Waals surface area contributed by atoms with Crippen molar-refractivity contribution in [1.82, 2.24) is 15.1 Å². The van der Waals surface area contributed by atoms with Gasteiger partial charge in [-0.2, -0.15) is 0 Å². The van der Waals surface area contributed by atoms with Crippen molar-refractivity contribution in [1.29, 1.82) is 0 Å². The largest absolute Gasteiger partial charge is 0.481 e. The summed E-state index contributed by atoms with van der Waals surface area (Å²) in [7, 11) is 0. The molecule has 7 nitrogen and oxygen atoms in total. The molecule has 2 heterocycles. The number of amides is 2. The fourth-order valence-electron chi connectivity index (χ4n) is 2.58. The monoisotopic (exact) mass is 285 g/mol. The van der Waals surface area contributed by atoms with Gasteiger partial charge in [-0.1, -0.05) is 0 Å². The smallest absolute Gasteiger partial charge is 0.317 e. The minimum absolute atomic E-state index is 0.143. The first-order valence-corrected chi connectivity index (χ1v) is 7.22. The summed E-state index contributed by atoms with van der Waals surface area (Å²) in [4.78, 5) is 26.6. The number of nitrogens with zero attached hydrogens (tertiary/aromatic N) is 2. The molecule has 114 valence electrons. The van der Waals surface area contributed by atoms with Crippen molar-refractivity contribution in [2.75, 3.05) is 52.5 Å². The number of urea groups is 1. The van der Waals surface area contributed by atoms with Gasteiger partial charge in [0.1, 0.15) is 0 Å². The molecule has 7 heteroatoms. The van der Waals surface area contributed by atoms with Crippen molar-refractivity contribution in [2.45, 2.75) is 12.8 Å². The van der Waals surface area contributed by atoms with E-state index in [1.54, 1.807) is 4.90 Å². The molecular weight excluding hydrogens is 262 g/mol. The lowest BCUT2D eigenvalue weighted by atomic mass is 10.1. The summed E-state index contributed by atoms with van der Waals surface area (Å²) >= 11 is 0. The minimum atomic E-state index is -0.812. The molecule has 2 rings (SSSR count). The summed E-state index contributed by atoms with van der Waals surface area (Å²) in [6, 6.07) is -0.143. The highest BCUT2D eigenvalue weighted by Crippen LogP contribution is 2.15. The molecule has 2 N–H and O–H groups in total. The molecule has 0 aromatic carbocycles. The third kappa shape index (κ3) is 4.35. The van der Waals surface area contributed by atoms with Crippen LogP contribution in [0.2, 0.25) is 0 Å². The molecule has 2 aliphatic rings. The van der Waals surface area contributed by atoms with Crippen LogP contribution < -0.4 is 5.32 Å². The van der Waals surface area contributed by atoms with Gasteiger partial charge in [0.05, 0.1) is 19.1 Å². The number of aliphatic carboxylic acids is 1. The Morgan fingerprint density at radius 1 is 1.25 bits per heavy atom. The van der Waals surface area contributed by atoms with Gasteiger partial charge in [-0.15, -0.1) is 0 Å². The second kappa shape index (κ2) is 7.44. The van der Waals surface area contributed by atoms with E-state index in [1.807, 2.05) is 0 Å². The van der Waals surface area contributed by atoms with Crippen molar-refractivity contribution >= 4 is 12.0 Å². The SMILES string of the molecule is O=C(O)C1CCN(C(=O)NCCCN2CCOCC2)C1. The van der Waals surface area contributed by atoms with Crippen molar-refractivity contribution < 1.29 is 19.4 Å². The summed E-state index contributed by atoms with van der Waals surface area (Å²) < 4.78 is 5.28. The average Bonchev–Trinajstić information content (AvgIpc) is 2.94. The number of carboxylic acid groups (broad SMARTS) is 1. The Kier molecular flexibility index (Phi) is 5.60. The van der Waals surface area contributed by atoms with Crippen LogP contribution in [0.1, 0.15) is 12.8 Å². The molecule has 0 aromatic rings. The van der Waals surface area contributed by atoms with Crippen LogP contribution >= 0.6 is 0 Å². The zero-order valence-corrected chi connectivity index (χ0v) is 11.7. The Labute approximate surface area is 118 Å². The number of hydrogen-bond acceptors (Lipinski definition) is 4. The number of carbonyl (C=O) groups excluding carboxylic acids is 1. The summed E-state index contributed by atoms with van der Waals surface area (Å²) in [5.74, 6) is -1.22. The van der Waals surface area contributed by atoms with E-state index in [-0.39, 0.29) is 6.03 Å². The van der Waals surface area contributed by atoms with Gasteiger partial charge in [0.15, 0.2) is 0 Å². The quantitative estimate of drug-likeness (QED) is 0.685. The fourth-order valence-corrected chi connectivity index (χ4v) is 2.58. The third-order valence-electron chi connectivity index (χ3n) is 3.86. The second-order valence-electron chi connectivity index (χ2n) is 5.31. The van der Waals surface area contributed by atoms with E-state index in [4.69, 9.17) is 9.84 Å². The van der Waals surface area contributed by atoms with E-state index in [9.17, 15) is 9.59 Å². The lowest BCUT2D eigenvalue weighted by Gasteiger charge is -2.26. The van der Waals surface area contributed by atoms with E-state index in [1.165, 1.54) is 0 Å². The predicted molar refractivity (Wildman–Crippen MR) is 72.6 cm³/mol. The molecule has 2 amide bonds. The van der Waals surface area contributed by atoms with Gasteiger partial charge in [-0.3, -0.25) is 9.69 Å². The summed E-state index contributed by atoms with van der Waals surface area (Å²) in [6.45, 7) is 5.94. The Balaban J connectivity index is 1.57. The highest BCUT2D eigenvalue weighted by Gasteiger charge is 2.30. The van der Waals surface area contributed by atoms with E-state index in [0.29, 0.717) is 26.1 Å². The van der Waals surface area contributed by atoms with Crippen molar-refractivity contribution in [2.24, 2.45) is 5.92 Å². The molecule has 0 saturated carbocycles. The first-order valence-electron chi connectivity index (χ1n) is 7.22. The van der Waals surface area contributed by atoms with Crippen LogP contribution in [0.25, 0.3) is 0 Å². The minimum Gasteiger partial charge on any atom is -0.481 e. The van der Waals surface area contributed by atoms with E-state index >= 15 is 0 Å². The number of ether oxygens (including phenoxy) is 1. The molecular formula is C13H23N3O4. The average molecular weight is 285 g/mol. The van der Waals surface area contributed by atoms with Crippen LogP contribution in [-0.4, -0.2) is 79.4 Å². The van der Waals surface area contributed by atoms with Crippen LogP contribution in [-0.2, 0) is 9.53 Å². The molecule has 2 fully saturated rings. The van der Waals surface area contributed by atoms with Crippen LogP contribution in [0.3, 0.4) is 0 Å². The maximum atomic E-state index is 11.9. The van der Waals surface area contributed by atoms with Gasteiger partial charge in [0, 0.05) is 32.7 Å². The van der Waals surface area contributed by atoms with Crippen LogP contribution in [0.15, 0.2) is 0 Å². The molecule has 20 heavy (non-hydrogen) atoms. The molecule has 0 aromatic heterocycles. The number of nitrogens with one attached hydrogen (secondary N) is 1. The van der Waals surface area contributed by atoms with Crippen LogP contribution in [0, 0.1) is 5.92 Å². The van der Waals surface area contributed by atoms with E-state index in [0.717, 1.165) is 39.3 Å². The maximum Gasteiger partial charge on any atom is 0.317 e. The summed E-state index contributed by atoms with van der Waals surface area (Å²) in [6.07, 6.45) is 1.46. The Hall–Kier alpha value is -1.34. The molecule has 0 bridgehead atoms. The van der Waals surface area contributed by atoms with Gasteiger partial charge in [0.25, 0.3) is 0 Å². The van der Waals surface area contributed by atoms with Gasteiger partial charge in [-0.05, 0) is 19.4 Å². The first kappa shape index (κ1) is 15.1. The number of carbonyl (C=O) groups is 2. The molecule has 0 radical (unpaired) electrons. The molecule has 0 aliphatic carbocycles. The number of morpholine rings is 1. The number of likely N-dealkylation sites (tertiary alicyclic amines) is 1. The first-order chi connectivity index (χ1) is 9.66. The Morgan fingerprint density at radius 3 is 2.65 bits per heavy atom. The number of carboxylic acids is 1. The zero-order valence-electron chi connectivity index (χ0n) is 11.7. The van der Waals surface area contributed by atoms with Crippen LogP contribution in [0.4, 0.5) is 4.79 Å². The lowest BCUT2D eigenvalue weighted by Crippen LogP contribution is -2.41. The van der Waals surface area contributed by atoms with Gasteiger partial charge in [0.2, 0.25) is 0 Å². The molecule has 2 saturated heterocycles. The summed E-state index contributed by atoms with van der Waals surface area (Å²) in [5.41, 5.74) is 0. The van der Waals surface area contributed by atoms with E-state index < -0.39 is 11.9 Å². The van der Waals surface area contributed by atoms with Gasteiger partial charge < -0.3 is 20.1 Å². The lowest BCUT2D eigenvalue weighted by molar-refractivity contribution is -0.141. The third-order valence-corrected chi connectivity index (χ3v) is 3.86. The number of hydrogen-bond donors (Lipinski definition) is 2. The number of rotatable bonds is 5. The molecule has 0 spiro atoms. The Bertz CT molecular complexity index is 345. The van der Waals surface area contributed by atoms with Crippen molar-refractivity contribution in [3.8, 4) is 0 Å². The highest BCUT2D eigenvalue weighted by molar-refractivity contribution is 5.77. The Morgan fingerprint density at radius 2 is 2.00 bits per heavy atom. The predicted octanol–water partition coefficient (Wildman–Crippen LogP) is -0.175. The highest BCUT2D eigenvalue weighted by atomic mass is 16.5. The molecule has 1 atom stereocenters. The normalized spacial score (nSPS) is 23.8. The fraction of sp³-hybridized carbons (Fsp3) is 0.846. The molecule has 1 unspecified atom stereocenters. The van der Waals surface area contributed by atoms with Gasteiger partial charge >= 0.3 is 12.0 Å². The molecule has 2 aliphatic heterocycles. The van der Waals surface area contributed by atoms with Crippen LogP contribution in [0.5, 0.6) is 0 Å². The van der Waals surface area contributed by atoms with Crippen molar-refractivity contribution in [3.63, 3.8) is 0 Å². The van der Waals surface area contributed by atoms with Gasteiger partial charge in [-0.25, -0.2) is 4.79 Å².